The summed E-state index contributed by atoms with van der Waals surface area (Å²) in [6.07, 6.45) is 46.4. The summed E-state index contributed by atoms with van der Waals surface area (Å²) in [7, 11) is 3.63. The molecule has 16 fully saturated rings. The number of unbranched alkanes of at least 4 members (excludes halogenated alkanes) is 3. The van der Waals surface area contributed by atoms with Gasteiger partial charge in [0.2, 0.25) is 0 Å². The van der Waals surface area contributed by atoms with Crippen LogP contribution >= 0.6 is 0 Å². The first-order chi connectivity index (χ1) is 39.0. The molecule has 4 heteroatoms. The standard InChI is InChI=1S/2C35H42O2.C6H14/c2*1-37-33-29-7-3-2-6-28(29)32(36)31(35-19-25-13-26(20-35)15-27(14-25)21-35)30(33)8-4-5-9-34-16-22-10-23(17-34)12-24(11-22)18-34;1-3-5-6-4-2/h2*22-27,36H,2-3,6-7,10-21H2,1H3;3-6H2,1-2H3. The molecular formula is C76H98O4. The Morgan fingerprint density at radius 3 is 0.900 bits per heavy atom. The van der Waals surface area contributed by atoms with Crippen molar-refractivity contribution < 1.29 is 19.7 Å². The van der Waals surface area contributed by atoms with Gasteiger partial charge in [0, 0.05) is 55.0 Å². The van der Waals surface area contributed by atoms with Crippen molar-refractivity contribution in [1.82, 2.24) is 0 Å². The number of hydrogen-bond donors (Lipinski definition) is 2. The maximum Gasteiger partial charge on any atom is 0.138 e. The van der Waals surface area contributed by atoms with Crippen LogP contribution in [0.25, 0.3) is 0 Å². The molecule has 18 aliphatic carbocycles. The lowest BCUT2D eigenvalue weighted by Gasteiger charge is -2.57. The van der Waals surface area contributed by atoms with Gasteiger partial charge in [-0.2, -0.15) is 0 Å². The first-order valence-corrected chi connectivity index (χ1v) is 33.9. The molecular weight excluding hydrogens is 977 g/mol. The molecule has 16 bridgehead atoms. The van der Waals surface area contributed by atoms with E-state index in [1.807, 2.05) is 14.2 Å². The highest BCUT2D eigenvalue weighted by molar-refractivity contribution is 5.69. The second-order valence-electron chi connectivity index (χ2n) is 31.1. The van der Waals surface area contributed by atoms with Gasteiger partial charge in [0.25, 0.3) is 0 Å². The molecule has 20 rings (SSSR count). The average molecular weight is 1080 g/mol. The average Bonchev–Trinajstić information content (AvgIpc) is 3.59. The van der Waals surface area contributed by atoms with E-state index in [4.69, 9.17) is 9.47 Å². The fourth-order valence-corrected chi connectivity index (χ4v) is 24.0. The van der Waals surface area contributed by atoms with Gasteiger partial charge >= 0.3 is 0 Å². The third kappa shape index (κ3) is 9.72. The molecule has 80 heavy (non-hydrogen) atoms. The molecule has 0 saturated heterocycles. The van der Waals surface area contributed by atoms with Crippen LogP contribution in [0.1, 0.15) is 264 Å². The Balaban J connectivity index is 0.000000131. The number of aromatic hydroxyl groups is 2. The highest BCUT2D eigenvalue weighted by atomic mass is 16.5. The molecule has 0 radical (unpaired) electrons. The predicted octanol–water partition coefficient (Wildman–Crippen LogP) is 17.2. The Kier molecular flexibility index (Phi) is 14.5. The smallest absolute Gasteiger partial charge is 0.138 e. The van der Waals surface area contributed by atoms with E-state index in [9.17, 15) is 10.2 Å². The number of phenols is 2. The largest absolute Gasteiger partial charge is 0.507 e. The van der Waals surface area contributed by atoms with Gasteiger partial charge in [-0.3, -0.25) is 0 Å². The van der Waals surface area contributed by atoms with E-state index < -0.39 is 0 Å². The SMILES string of the molecule is CCCCCC.COc1c(C#CC#CC23CC4CC(CC(C4)C2)C3)c(C23CC4CC(CC(C4)C2)C3)c(O)c2c1CCCC2.COc1c(C#CC#CC23CC4CC(CC(C4)C2)C3)c(C23CC4CC(CC(C4)C2)C3)c(O)c2c1CCCC2. The summed E-state index contributed by atoms with van der Waals surface area (Å²) in [6, 6.07) is 0. The molecule has 0 unspecified atom stereocenters. The Bertz CT molecular complexity index is 2650. The van der Waals surface area contributed by atoms with Gasteiger partial charge in [-0.15, -0.1) is 0 Å². The van der Waals surface area contributed by atoms with Gasteiger partial charge in [-0.05, 0) is 312 Å². The zero-order chi connectivity index (χ0) is 54.4. The molecule has 16 saturated carbocycles. The number of fused-ring (bicyclic) bond motifs is 2. The second kappa shape index (κ2) is 21.5. The van der Waals surface area contributed by atoms with Gasteiger partial charge in [0.05, 0.1) is 25.3 Å². The number of phenolic OH excluding ortho intramolecular Hbond substituents is 2. The Labute approximate surface area is 484 Å². The summed E-state index contributed by atoms with van der Waals surface area (Å²) in [5, 5.41) is 23.9. The van der Waals surface area contributed by atoms with Gasteiger partial charge in [0.1, 0.15) is 23.0 Å². The Morgan fingerprint density at radius 1 is 0.375 bits per heavy atom. The van der Waals surface area contributed by atoms with E-state index in [-0.39, 0.29) is 21.7 Å². The lowest BCUT2D eigenvalue weighted by Crippen LogP contribution is -2.49. The molecule has 4 nitrogen and oxygen atoms in total. The van der Waals surface area contributed by atoms with E-state index >= 15 is 0 Å². The zero-order valence-electron chi connectivity index (χ0n) is 50.1. The maximum atomic E-state index is 11.9. The van der Waals surface area contributed by atoms with E-state index in [0.29, 0.717) is 11.5 Å². The quantitative estimate of drug-likeness (QED) is 0.214. The summed E-state index contributed by atoms with van der Waals surface area (Å²) in [5.74, 6) is 41.6. The topological polar surface area (TPSA) is 58.9 Å². The van der Waals surface area contributed by atoms with Crippen LogP contribution in [0.2, 0.25) is 0 Å². The van der Waals surface area contributed by atoms with Crippen LogP contribution in [-0.4, -0.2) is 24.4 Å². The first-order valence-electron chi connectivity index (χ1n) is 33.9. The molecule has 2 aromatic rings. The summed E-state index contributed by atoms with van der Waals surface area (Å²) in [6.45, 7) is 4.46. The highest BCUT2D eigenvalue weighted by Crippen LogP contribution is 2.66. The molecule has 2 N–H and O–H groups in total. The zero-order valence-corrected chi connectivity index (χ0v) is 50.1. The van der Waals surface area contributed by atoms with E-state index in [2.05, 4.69) is 61.2 Å². The van der Waals surface area contributed by atoms with Crippen molar-refractivity contribution in [1.29, 1.82) is 0 Å². The van der Waals surface area contributed by atoms with Crippen LogP contribution in [0.3, 0.4) is 0 Å². The molecule has 0 aliphatic heterocycles. The van der Waals surface area contributed by atoms with Crippen molar-refractivity contribution in [2.75, 3.05) is 14.2 Å². The van der Waals surface area contributed by atoms with Crippen molar-refractivity contribution >= 4 is 0 Å². The maximum absolute atomic E-state index is 11.9. The molecule has 426 valence electrons. The molecule has 0 heterocycles. The van der Waals surface area contributed by atoms with Gasteiger partial charge in [0.15, 0.2) is 0 Å². The fourth-order valence-electron chi connectivity index (χ4n) is 24.0. The van der Waals surface area contributed by atoms with Crippen LogP contribution in [0.5, 0.6) is 23.0 Å². The number of hydrogen-bond acceptors (Lipinski definition) is 4. The summed E-state index contributed by atoms with van der Waals surface area (Å²) < 4.78 is 12.3. The van der Waals surface area contributed by atoms with Crippen LogP contribution in [0, 0.1) is 129 Å². The van der Waals surface area contributed by atoms with Gasteiger partial charge < -0.3 is 19.7 Å². The molecule has 2 aromatic carbocycles. The van der Waals surface area contributed by atoms with Gasteiger partial charge in [-0.25, -0.2) is 0 Å². The Hall–Kier alpha value is -4.12. The van der Waals surface area contributed by atoms with Crippen LogP contribution < -0.4 is 9.47 Å². The first kappa shape index (κ1) is 53.9. The number of ether oxygens (including phenoxy) is 2. The Morgan fingerprint density at radius 2 is 0.637 bits per heavy atom. The minimum atomic E-state index is 0.0793. The van der Waals surface area contributed by atoms with Crippen molar-refractivity contribution in [3.63, 3.8) is 0 Å². The second-order valence-corrected chi connectivity index (χ2v) is 31.1. The van der Waals surface area contributed by atoms with E-state index in [1.54, 1.807) is 0 Å². The van der Waals surface area contributed by atoms with E-state index in [1.165, 1.54) is 202 Å². The van der Waals surface area contributed by atoms with Gasteiger partial charge in [-0.1, -0.05) is 51.4 Å². The van der Waals surface area contributed by atoms with Crippen molar-refractivity contribution in [2.45, 2.75) is 256 Å². The number of rotatable bonds is 7. The van der Waals surface area contributed by atoms with Crippen LogP contribution in [0.15, 0.2) is 0 Å². The summed E-state index contributed by atoms with van der Waals surface area (Å²) in [4.78, 5) is 0. The third-order valence-corrected chi connectivity index (χ3v) is 25.2. The number of methoxy groups -OCH3 is 2. The molecule has 0 aromatic heterocycles. The monoisotopic (exact) mass is 1070 g/mol. The normalized spacial score (nSPS) is 39.5. The highest BCUT2D eigenvalue weighted by Gasteiger charge is 2.57. The number of benzene rings is 2. The molecule has 0 amide bonds. The fraction of sp³-hybridized carbons (Fsp3) is 0.737. The van der Waals surface area contributed by atoms with E-state index in [0.717, 1.165) is 156 Å². The minimum Gasteiger partial charge on any atom is -0.507 e. The van der Waals surface area contributed by atoms with Crippen LogP contribution in [0.4, 0.5) is 0 Å². The lowest BCUT2D eigenvalue weighted by atomic mass is 9.47. The molecule has 0 spiro atoms. The minimum absolute atomic E-state index is 0.0793. The van der Waals surface area contributed by atoms with Crippen molar-refractivity contribution in [2.24, 2.45) is 81.8 Å². The summed E-state index contributed by atoms with van der Waals surface area (Å²) in [5.41, 5.74) is 9.69. The summed E-state index contributed by atoms with van der Waals surface area (Å²) >= 11 is 0. The third-order valence-electron chi connectivity index (χ3n) is 25.2. The predicted molar refractivity (Wildman–Crippen MR) is 323 cm³/mol. The van der Waals surface area contributed by atoms with Crippen molar-refractivity contribution in [3.05, 3.63) is 44.5 Å². The lowest BCUT2D eigenvalue weighted by molar-refractivity contribution is -0.0182. The van der Waals surface area contributed by atoms with Crippen LogP contribution in [-0.2, 0) is 36.5 Å². The van der Waals surface area contributed by atoms with Crippen molar-refractivity contribution in [3.8, 4) is 70.4 Å². The molecule has 18 aliphatic rings. The molecule has 0 atom stereocenters.